The number of hydrogen-bond donors (Lipinski definition) is 2. The van der Waals surface area contributed by atoms with Crippen LogP contribution in [0.25, 0.3) is 10.9 Å². The normalized spacial score (nSPS) is 23.6. The van der Waals surface area contributed by atoms with Crippen LogP contribution in [-0.2, 0) is 6.54 Å². The Morgan fingerprint density at radius 3 is 3.10 bits per heavy atom. The summed E-state index contributed by atoms with van der Waals surface area (Å²) in [4.78, 5) is 21.6. The van der Waals surface area contributed by atoms with Gasteiger partial charge in [-0.3, -0.25) is 9.69 Å². The number of hydrogen-bond acceptors (Lipinski definition) is 4. The smallest absolute Gasteiger partial charge is 0.258 e. The fourth-order valence-electron chi connectivity index (χ4n) is 2.81. The zero-order chi connectivity index (χ0) is 15.0. The van der Waals surface area contributed by atoms with E-state index in [0.29, 0.717) is 28.3 Å². The van der Waals surface area contributed by atoms with Gasteiger partial charge in [0.25, 0.3) is 5.56 Å². The second kappa shape index (κ2) is 5.75. The molecule has 0 bridgehead atoms. The van der Waals surface area contributed by atoms with Crippen LogP contribution < -0.4 is 5.56 Å². The Balaban J connectivity index is 1.85. The maximum atomic E-state index is 12.1. The lowest BCUT2D eigenvalue weighted by Gasteiger charge is -2.33. The van der Waals surface area contributed by atoms with Gasteiger partial charge in [0.05, 0.1) is 23.6 Å². The van der Waals surface area contributed by atoms with E-state index < -0.39 is 0 Å². The molecule has 2 unspecified atom stereocenters. The SMILES string of the molecule is CC1CN(Cc2nc3ccc(Cl)cc3c(=O)[nH]2)CCC1O. The quantitative estimate of drug-likeness (QED) is 0.887. The number of aromatic amines is 1. The maximum Gasteiger partial charge on any atom is 0.258 e. The van der Waals surface area contributed by atoms with Crippen LogP contribution in [0.1, 0.15) is 19.2 Å². The molecule has 3 rings (SSSR count). The van der Waals surface area contributed by atoms with Crippen molar-refractivity contribution in [3.05, 3.63) is 39.4 Å². The molecular formula is C15H18ClN3O2. The summed E-state index contributed by atoms with van der Waals surface area (Å²) in [5.74, 6) is 0.892. The van der Waals surface area contributed by atoms with Gasteiger partial charge in [-0.2, -0.15) is 0 Å². The van der Waals surface area contributed by atoms with Crippen LogP contribution in [0.5, 0.6) is 0 Å². The molecule has 21 heavy (non-hydrogen) atoms. The first-order valence-corrected chi connectivity index (χ1v) is 7.49. The number of benzene rings is 1. The van der Waals surface area contributed by atoms with Gasteiger partial charge in [0.15, 0.2) is 0 Å². The first-order valence-electron chi connectivity index (χ1n) is 7.12. The van der Waals surface area contributed by atoms with Gasteiger partial charge < -0.3 is 10.1 Å². The van der Waals surface area contributed by atoms with Crippen molar-refractivity contribution in [3.63, 3.8) is 0 Å². The zero-order valence-corrected chi connectivity index (χ0v) is 12.6. The van der Waals surface area contributed by atoms with E-state index in [1.165, 1.54) is 0 Å². The number of nitrogens with zero attached hydrogens (tertiary/aromatic N) is 2. The number of rotatable bonds is 2. The minimum absolute atomic E-state index is 0.164. The molecule has 0 amide bonds. The van der Waals surface area contributed by atoms with Crippen molar-refractivity contribution in [3.8, 4) is 0 Å². The number of aliphatic hydroxyl groups is 1. The highest BCUT2D eigenvalue weighted by atomic mass is 35.5. The fourth-order valence-corrected chi connectivity index (χ4v) is 2.98. The van der Waals surface area contributed by atoms with E-state index in [9.17, 15) is 9.90 Å². The highest BCUT2D eigenvalue weighted by molar-refractivity contribution is 6.31. The van der Waals surface area contributed by atoms with E-state index in [-0.39, 0.29) is 17.6 Å². The van der Waals surface area contributed by atoms with Gasteiger partial charge in [0.1, 0.15) is 5.82 Å². The van der Waals surface area contributed by atoms with Gasteiger partial charge in [-0.05, 0) is 30.5 Å². The molecule has 1 fully saturated rings. The topological polar surface area (TPSA) is 69.2 Å². The maximum absolute atomic E-state index is 12.1. The Kier molecular flexibility index (Phi) is 3.97. The van der Waals surface area contributed by atoms with Crippen LogP contribution in [0.4, 0.5) is 0 Å². The van der Waals surface area contributed by atoms with Crippen LogP contribution in [0.2, 0.25) is 5.02 Å². The van der Waals surface area contributed by atoms with Crippen molar-refractivity contribution in [1.29, 1.82) is 0 Å². The predicted molar refractivity (Wildman–Crippen MR) is 82.4 cm³/mol. The Labute approximate surface area is 127 Å². The van der Waals surface area contributed by atoms with Crippen LogP contribution in [0, 0.1) is 5.92 Å². The van der Waals surface area contributed by atoms with Crippen molar-refractivity contribution in [1.82, 2.24) is 14.9 Å². The molecule has 2 N–H and O–H groups in total. The van der Waals surface area contributed by atoms with Crippen LogP contribution in [0.3, 0.4) is 0 Å². The summed E-state index contributed by atoms with van der Waals surface area (Å²) in [6.07, 6.45) is 0.529. The molecule has 2 atom stereocenters. The van der Waals surface area contributed by atoms with Crippen molar-refractivity contribution >= 4 is 22.5 Å². The van der Waals surface area contributed by atoms with Gasteiger partial charge in [0.2, 0.25) is 0 Å². The van der Waals surface area contributed by atoms with Gasteiger partial charge in [0, 0.05) is 18.1 Å². The van der Waals surface area contributed by atoms with E-state index >= 15 is 0 Å². The summed E-state index contributed by atoms with van der Waals surface area (Å²) in [5.41, 5.74) is 0.492. The molecule has 1 aliphatic rings. The minimum Gasteiger partial charge on any atom is -0.393 e. The molecular weight excluding hydrogens is 290 g/mol. The summed E-state index contributed by atoms with van der Waals surface area (Å²) in [6.45, 7) is 4.25. The van der Waals surface area contributed by atoms with Crippen molar-refractivity contribution in [2.75, 3.05) is 13.1 Å². The molecule has 1 aromatic heterocycles. The Hall–Kier alpha value is -1.43. The third-order valence-corrected chi connectivity index (χ3v) is 4.27. The minimum atomic E-state index is -0.230. The average molecular weight is 308 g/mol. The monoisotopic (exact) mass is 307 g/mol. The number of likely N-dealkylation sites (tertiary alicyclic amines) is 1. The number of aromatic nitrogens is 2. The molecule has 1 saturated heterocycles. The lowest BCUT2D eigenvalue weighted by molar-refractivity contribution is 0.0311. The number of fused-ring (bicyclic) bond motifs is 1. The lowest BCUT2D eigenvalue weighted by Crippen LogP contribution is -2.41. The van der Waals surface area contributed by atoms with E-state index in [1.807, 2.05) is 6.92 Å². The molecule has 2 heterocycles. The van der Waals surface area contributed by atoms with Gasteiger partial charge in [-0.1, -0.05) is 18.5 Å². The van der Waals surface area contributed by atoms with Gasteiger partial charge in [-0.15, -0.1) is 0 Å². The average Bonchev–Trinajstić information content (AvgIpc) is 2.44. The van der Waals surface area contributed by atoms with Crippen LogP contribution in [0.15, 0.2) is 23.0 Å². The van der Waals surface area contributed by atoms with E-state index in [1.54, 1.807) is 18.2 Å². The highest BCUT2D eigenvalue weighted by Crippen LogP contribution is 2.18. The summed E-state index contributed by atoms with van der Waals surface area (Å²) in [6, 6.07) is 5.13. The zero-order valence-electron chi connectivity index (χ0n) is 11.8. The number of aliphatic hydroxyl groups excluding tert-OH is 1. The second-order valence-electron chi connectivity index (χ2n) is 5.74. The van der Waals surface area contributed by atoms with Gasteiger partial charge >= 0.3 is 0 Å². The first-order chi connectivity index (χ1) is 10.0. The number of nitrogens with one attached hydrogen (secondary N) is 1. The summed E-state index contributed by atoms with van der Waals surface area (Å²) in [5, 5.41) is 10.8. The van der Waals surface area contributed by atoms with E-state index in [0.717, 1.165) is 19.5 Å². The van der Waals surface area contributed by atoms with Crippen LogP contribution >= 0.6 is 11.6 Å². The molecule has 5 nitrogen and oxygen atoms in total. The van der Waals surface area contributed by atoms with Crippen molar-refractivity contribution in [2.45, 2.75) is 26.0 Å². The number of halogens is 1. The molecule has 1 aromatic carbocycles. The second-order valence-corrected chi connectivity index (χ2v) is 6.18. The molecule has 1 aliphatic heterocycles. The molecule has 2 aromatic rings. The lowest BCUT2D eigenvalue weighted by atomic mass is 9.97. The summed E-state index contributed by atoms with van der Waals surface area (Å²) in [7, 11) is 0. The first kappa shape index (κ1) is 14.5. The third kappa shape index (κ3) is 3.10. The molecule has 112 valence electrons. The number of piperidine rings is 1. The highest BCUT2D eigenvalue weighted by Gasteiger charge is 2.24. The van der Waals surface area contributed by atoms with Gasteiger partial charge in [-0.25, -0.2) is 4.98 Å². The van der Waals surface area contributed by atoms with Crippen molar-refractivity contribution < 1.29 is 5.11 Å². The summed E-state index contributed by atoms with van der Waals surface area (Å²) >= 11 is 5.90. The largest absolute Gasteiger partial charge is 0.393 e. The Morgan fingerprint density at radius 2 is 2.33 bits per heavy atom. The Morgan fingerprint density at radius 1 is 1.52 bits per heavy atom. The standard InChI is InChI=1S/C15H18ClN3O2/c1-9-7-19(5-4-13(9)20)8-14-17-12-3-2-10(16)6-11(12)15(21)18-14/h2-3,6,9,13,20H,4-5,7-8H2,1H3,(H,17,18,21). The van der Waals surface area contributed by atoms with Crippen LogP contribution in [-0.4, -0.2) is 39.2 Å². The molecule has 6 heteroatoms. The number of H-pyrrole nitrogens is 1. The predicted octanol–water partition coefficient (Wildman–Crippen LogP) is 1.78. The molecule has 0 saturated carbocycles. The molecule has 0 spiro atoms. The Bertz CT molecular complexity index is 716. The van der Waals surface area contributed by atoms with Crippen molar-refractivity contribution in [2.24, 2.45) is 5.92 Å². The molecule has 0 aliphatic carbocycles. The fraction of sp³-hybridized carbons (Fsp3) is 0.467. The van der Waals surface area contributed by atoms with E-state index in [2.05, 4.69) is 14.9 Å². The summed E-state index contributed by atoms with van der Waals surface area (Å²) < 4.78 is 0. The third-order valence-electron chi connectivity index (χ3n) is 4.03. The van der Waals surface area contributed by atoms with E-state index in [4.69, 9.17) is 11.6 Å². The molecule has 0 radical (unpaired) electrons.